The number of piperidine rings is 1. The van der Waals surface area contributed by atoms with Gasteiger partial charge in [-0.25, -0.2) is 4.79 Å². The average molecular weight is 375 g/mol. The Labute approximate surface area is 158 Å². The molecular formula is C19H25N3O3S. The average Bonchev–Trinajstić information content (AvgIpc) is 3.09. The van der Waals surface area contributed by atoms with Crippen molar-refractivity contribution in [3.8, 4) is 5.75 Å². The van der Waals surface area contributed by atoms with Crippen LogP contribution in [0.3, 0.4) is 0 Å². The van der Waals surface area contributed by atoms with Crippen molar-refractivity contribution in [2.75, 3.05) is 31.2 Å². The van der Waals surface area contributed by atoms with E-state index >= 15 is 0 Å². The van der Waals surface area contributed by atoms with Gasteiger partial charge in [-0.3, -0.25) is 0 Å². The van der Waals surface area contributed by atoms with E-state index in [9.17, 15) is 4.79 Å². The number of esters is 1. The highest BCUT2D eigenvalue weighted by Crippen LogP contribution is 2.27. The summed E-state index contributed by atoms with van der Waals surface area (Å²) < 4.78 is 10.8. The van der Waals surface area contributed by atoms with Crippen LogP contribution in [0.25, 0.3) is 0 Å². The molecule has 1 aromatic heterocycles. The van der Waals surface area contributed by atoms with Gasteiger partial charge in [0.2, 0.25) is 5.13 Å². The van der Waals surface area contributed by atoms with Crippen molar-refractivity contribution in [2.24, 2.45) is 5.92 Å². The summed E-state index contributed by atoms with van der Waals surface area (Å²) in [6, 6.07) is 7.14. The van der Waals surface area contributed by atoms with E-state index in [4.69, 9.17) is 9.47 Å². The van der Waals surface area contributed by atoms with Crippen molar-refractivity contribution < 1.29 is 14.3 Å². The second kappa shape index (κ2) is 8.98. The first kappa shape index (κ1) is 18.6. The van der Waals surface area contributed by atoms with E-state index in [0.717, 1.165) is 48.2 Å². The van der Waals surface area contributed by atoms with Crippen LogP contribution in [-0.4, -0.2) is 42.5 Å². The fourth-order valence-corrected chi connectivity index (χ4v) is 3.81. The van der Waals surface area contributed by atoms with E-state index in [1.54, 1.807) is 30.4 Å². The first-order chi connectivity index (χ1) is 12.7. The minimum atomic E-state index is -0.295. The summed E-state index contributed by atoms with van der Waals surface area (Å²) in [6.07, 6.45) is 3.36. The Bertz CT molecular complexity index is 709. The third kappa shape index (κ3) is 4.94. The van der Waals surface area contributed by atoms with Crippen molar-refractivity contribution in [3.05, 3.63) is 34.8 Å². The van der Waals surface area contributed by atoms with Gasteiger partial charge in [0.05, 0.1) is 18.8 Å². The van der Waals surface area contributed by atoms with Crippen LogP contribution in [0.1, 0.15) is 41.6 Å². The number of ether oxygens (including phenoxy) is 2. The van der Waals surface area contributed by atoms with Crippen LogP contribution in [0.15, 0.2) is 24.3 Å². The summed E-state index contributed by atoms with van der Waals surface area (Å²) >= 11 is 1.66. The lowest BCUT2D eigenvalue weighted by atomic mass is 9.94. The summed E-state index contributed by atoms with van der Waals surface area (Å²) in [5.74, 6) is 1.18. The molecule has 0 atom stereocenters. The Morgan fingerprint density at radius 3 is 2.58 bits per heavy atom. The molecular weight excluding hydrogens is 350 g/mol. The van der Waals surface area contributed by atoms with Gasteiger partial charge in [0.1, 0.15) is 10.8 Å². The van der Waals surface area contributed by atoms with E-state index in [2.05, 4.69) is 15.1 Å². The summed E-state index contributed by atoms with van der Waals surface area (Å²) in [5, 5.41) is 10.4. The number of aryl methyl sites for hydroxylation is 1. The van der Waals surface area contributed by atoms with Crippen molar-refractivity contribution in [1.82, 2.24) is 10.2 Å². The zero-order chi connectivity index (χ0) is 18.4. The summed E-state index contributed by atoms with van der Waals surface area (Å²) in [4.78, 5) is 14.0. The van der Waals surface area contributed by atoms with Crippen molar-refractivity contribution in [3.63, 3.8) is 0 Å². The Kier molecular flexibility index (Phi) is 6.44. The van der Waals surface area contributed by atoms with Crippen LogP contribution in [0.5, 0.6) is 5.75 Å². The summed E-state index contributed by atoms with van der Waals surface area (Å²) in [6.45, 7) is 6.94. The highest BCUT2D eigenvalue weighted by atomic mass is 32.1. The van der Waals surface area contributed by atoms with E-state index in [0.29, 0.717) is 24.7 Å². The minimum absolute atomic E-state index is 0.295. The predicted molar refractivity (Wildman–Crippen MR) is 102 cm³/mol. The molecule has 0 aliphatic carbocycles. The zero-order valence-corrected chi connectivity index (χ0v) is 16.1. The molecule has 0 amide bonds. The fraction of sp³-hybridized carbons (Fsp3) is 0.526. The number of carbonyl (C=O) groups excluding carboxylic acids is 1. The highest BCUT2D eigenvalue weighted by Gasteiger charge is 2.21. The zero-order valence-electron chi connectivity index (χ0n) is 15.3. The van der Waals surface area contributed by atoms with Gasteiger partial charge in [-0.15, -0.1) is 10.2 Å². The maximum absolute atomic E-state index is 11.6. The monoisotopic (exact) mass is 375 g/mol. The molecule has 3 rings (SSSR count). The third-order valence-electron chi connectivity index (χ3n) is 4.56. The first-order valence-electron chi connectivity index (χ1n) is 9.10. The van der Waals surface area contributed by atoms with Crippen LogP contribution < -0.4 is 9.64 Å². The Morgan fingerprint density at radius 2 is 1.96 bits per heavy atom. The van der Waals surface area contributed by atoms with Crippen molar-refractivity contribution in [2.45, 2.75) is 33.1 Å². The van der Waals surface area contributed by atoms with Gasteiger partial charge in [-0.1, -0.05) is 11.3 Å². The lowest BCUT2D eigenvalue weighted by Crippen LogP contribution is -2.34. The van der Waals surface area contributed by atoms with Gasteiger partial charge in [0.25, 0.3) is 0 Å². The molecule has 1 saturated heterocycles. The largest absolute Gasteiger partial charge is 0.494 e. The van der Waals surface area contributed by atoms with Crippen molar-refractivity contribution >= 4 is 22.4 Å². The van der Waals surface area contributed by atoms with Crippen LogP contribution in [-0.2, 0) is 4.74 Å². The third-order valence-corrected chi connectivity index (χ3v) is 5.46. The molecule has 1 aliphatic heterocycles. The maximum Gasteiger partial charge on any atom is 0.338 e. The van der Waals surface area contributed by atoms with E-state index in [1.807, 2.05) is 19.1 Å². The van der Waals surface area contributed by atoms with Crippen LogP contribution in [0, 0.1) is 12.8 Å². The molecule has 0 spiro atoms. The Hall–Kier alpha value is -2.15. The molecule has 2 aromatic rings. The number of benzene rings is 1. The molecule has 1 fully saturated rings. The standard InChI is InChI=1S/C19H25N3O3S/c1-3-24-18(23)16-4-6-17(7-5-16)25-13-10-15-8-11-22(12-9-15)19-21-20-14(2)26-19/h4-7,15H,3,8-13H2,1-2H3. The van der Waals surface area contributed by atoms with Gasteiger partial charge in [-0.2, -0.15) is 0 Å². The number of carbonyl (C=O) groups is 1. The number of anilines is 1. The molecule has 2 heterocycles. The number of nitrogens with zero attached hydrogens (tertiary/aromatic N) is 3. The first-order valence-corrected chi connectivity index (χ1v) is 9.92. The number of aromatic nitrogens is 2. The Balaban J connectivity index is 1.38. The summed E-state index contributed by atoms with van der Waals surface area (Å²) in [7, 11) is 0. The molecule has 0 saturated carbocycles. The summed E-state index contributed by atoms with van der Waals surface area (Å²) in [5.41, 5.74) is 0.554. The second-order valence-corrected chi connectivity index (χ2v) is 7.58. The Morgan fingerprint density at radius 1 is 1.23 bits per heavy atom. The van der Waals surface area contributed by atoms with Crippen LogP contribution in [0.2, 0.25) is 0 Å². The topological polar surface area (TPSA) is 64.6 Å². The molecule has 0 N–H and O–H groups in total. The molecule has 1 aromatic carbocycles. The van der Waals surface area contributed by atoms with E-state index < -0.39 is 0 Å². The van der Waals surface area contributed by atoms with E-state index in [1.165, 1.54) is 0 Å². The van der Waals surface area contributed by atoms with E-state index in [-0.39, 0.29) is 5.97 Å². The quantitative estimate of drug-likeness (QED) is 0.688. The molecule has 6 nitrogen and oxygen atoms in total. The van der Waals surface area contributed by atoms with Gasteiger partial charge in [0, 0.05) is 13.1 Å². The molecule has 7 heteroatoms. The lowest BCUT2D eigenvalue weighted by Gasteiger charge is -2.31. The second-order valence-electron chi connectivity index (χ2n) is 6.42. The smallest absolute Gasteiger partial charge is 0.338 e. The number of hydrogen-bond donors (Lipinski definition) is 0. The van der Waals surface area contributed by atoms with Crippen LogP contribution in [0.4, 0.5) is 5.13 Å². The highest BCUT2D eigenvalue weighted by molar-refractivity contribution is 7.15. The SMILES string of the molecule is CCOC(=O)c1ccc(OCCC2CCN(c3nnc(C)s3)CC2)cc1. The predicted octanol–water partition coefficient (Wildman–Crippen LogP) is 3.71. The van der Waals surface area contributed by atoms with Gasteiger partial charge in [0.15, 0.2) is 0 Å². The molecule has 0 unspecified atom stereocenters. The molecule has 1 aliphatic rings. The van der Waals surface area contributed by atoms with Crippen LogP contribution >= 0.6 is 11.3 Å². The van der Waals surface area contributed by atoms with Gasteiger partial charge in [-0.05, 0) is 63.3 Å². The molecule has 140 valence electrons. The number of hydrogen-bond acceptors (Lipinski definition) is 7. The minimum Gasteiger partial charge on any atom is -0.494 e. The normalized spacial score (nSPS) is 15.1. The van der Waals surface area contributed by atoms with Gasteiger partial charge < -0.3 is 14.4 Å². The van der Waals surface area contributed by atoms with Gasteiger partial charge >= 0.3 is 5.97 Å². The molecule has 0 radical (unpaired) electrons. The maximum atomic E-state index is 11.6. The van der Waals surface area contributed by atoms with Crippen molar-refractivity contribution in [1.29, 1.82) is 0 Å². The number of rotatable bonds is 7. The molecule has 0 bridgehead atoms. The lowest BCUT2D eigenvalue weighted by molar-refractivity contribution is 0.0526. The fourth-order valence-electron chi connectivity index (χ4n) is 3.07. The molecule has 26 heavy (non-hydrogen) atoms.